The number of rotatable bonds is 13. The predicted octanol–water partition coefficient (Wildman–Crippen LogP) is 6.58. The highest BCUT2D eigenvalue weighted by molar-refractivity contribution is 7.09. The summed E-state index contributed by atoms with van der Waals surface area (Å²) < 4.78 is 10.8. The molecule has 210 valence electrons. The maximum atomic E-state index is 13.7. The molecule has 1 heterocycles. The molecular weight excluding hydrogens is 508 g/mol. The maximum Gasteiger partial charge on any atom is 0.254 e. The smallest absolute Gasteiger partial charge is 0.254 e. The van der Waals surface area contributed by atoms with Crippen LogP contribution in [-0.4, -0.2) is 55.5 Å². The quantitative estimate of drug-likeness (QED) is 0.241. The topological polar surface area (TPSA) is 59.1 Å². The third-order valence-electron chi connectivity index (χ3n) is 6.79. The second-order valence-corrected chi connectivity index (χ2v) is 11.8. The average Bonchev–Trinajstić information content (AvgIpc) is 3.45. The van der Waals surface area contributed by atoms with E-state index in [9.17, 15) is 9.59 Å². The molecule has 0 unspecified atom stereocenters. The number of amides is 2. The fraction of sp³-hybridized carbons (Fsp3) is 0.438. The lowest BCUT2D eigenvalue weighted by atomic mass is 9.86. The highest BCUT2D eigenvalue weighted by atomic mass is 32.1. The van der Waals surface area contributed by atoms with Gasteiger partial charge in [-0.15, -0.1) is 11.3 Å². The minimum atomic E-state index is -0.103. The molecule has 3 aromatic rings. The number of hydrogen-bond acceptors (Lipinski definition) is 5. The first kappa shape index (κ1) is 30.2. The van der Waals surface area contributed by atoms with Gasteiger partial charge in [-0.2, -0.15) is 0 Å². The van der Waals surface area contributed by atoms with Crippen LogP contribution < -0.4 is 9.47 Å². The monoisotopic (exact) mass is 550 g/mol. The molecule has 2 aromatic carbocycles. The Morgan fingerprint density at radius 2 is 1.62 bits per heavy atom. The lowest BCUT2D eigenvalue weighted by Gasteiger charge is -2.28. The first-order valence-electron chi connectivity index (χ1n) is 13.6. The normalized spacial score (nSPS) is 11.2. The highest BCUT2D eigenvalue weighted by Gasteiger charge is 2.23. The van der Waals surface area contributed by atoms with Crippen LogP contribution in [0.1, 0.15) is 66.9 Å². The summed E-state index contributed by atoms with van der Waals surface area (Å²) in [6.45, 7) is 10.2. The molecule has 0 atom stereocenters. The van der Waals surface area contributed by atoms with Crippen LogP contribution >= 0.6 is 11.3 Å². The van der Waals surface area contributed by atoms with Gasteiger partial charge in [-0.3, -0.25) is 9.59 Å². The molecule has 0 aliphatic heterocycles. The first-order valence-corrected chi connectivity index (χ1v) is 14.4. The van der Waals surface area contributed by atoms with E-state index in [1.807, 2.05) is 64.9 Å². The summed E-state index contributed by atoms with van der Waals surface area (Å²) in [4.78, 5) is 31.9. The van der Waals surface area contributed by atoms with Gasteiger partial charge in [0.15, 0.2) is 11.5 Å². The largest absolute Gasteiger partial charge is 0.493 e. The Balaban J connectivity index is 1.78. The van der Waals surface area contributed by atoms with Crippen molar-refractivity contribution in [1.82, 2.24) is 9.80 Å². The van der Waals surface area contributed by atoms with Crippen LogP contribution in [0.3, 0.4) is 0 Å². The van der Waals surface area contributed by atoms with Crippen LogP contribution in [0, 0.1) is 0 Å². The van der Waals surface area contributed by atoms with Crippen molar-refractivity contribution in [3.8, 4) is 11.5 Å². The molecule has 0 saturated heterocycles. The number of hydrogen-bond donors (Lipinski definition) is 0. The number of carbonyl (C=O) groups is 2. The Kier molecular flexibility index (Phi) is 11.0. The zero-order chi connectivity index (χ0) is 28.4. The van der Waals surface area contributed by atoms with E-state index in [0.29, 0.717) is 43.1 Å². The molecule has 7 heteroatoms. The number of unbranched alkanes of at least 4 members (excludes halogenated alkanes) is 1. The Morgan fingerprint density at radius 1 is 0.897 bits per heavy atom. The number of methoxy groups -OCH3 is 2. The van der Waals surface area contributed by atoms with Gasteiger partial charge in [0.05, 0.1) is 20.8 Å². The van der Waals surface area contributed by atoms with Crippen molar-refractivity contribution in [1.29, 1.82) is 0 Å². The number of carbonyl (C=O) groups excluding carboxylic acids is 2. The van der Waals surface area contributed by atoms with Gasteiger partial charge in [0.25, 0.3) is 5.91 Å². The molecule has 6 nitrogen and oxygen atoms in total. The van der Waals surface area contributed by atoms with Gasteiger partial charge in [-0.1, -0.05) is 58.4 Å². The molecule has 1 aromatic heterocycles. The van der Waals surface area contributed by atoms with E-state index in [0.717, 1.165) is 23.3 Å². The van der Waals surface area contributed by atoms with E-state index >= 15 is 0 Å². The minimum absolute atomic E-state index is 0.00956. The van der Waals surface area contributed by atoms with Crippen LogP contribution in [-0.2, 0) is 23.2 Å². The van der Waals surface area contributed by atoms with Gasteiger partial charge >= 0.3 is 0 Å². The minimum Gasteiger partial charge on any atom is -0.493 e. The molecule has 0 aliphatic carbocycles. The lowest BCUT2D eigenvalue weighted by Crippen LogP contribution is -2.43. The average molecular weight is 551 g/mol. The van der Waals surface area contributed by atoms with Gasteiger partial charge in [-0.25, -0.2) is 0 Å². The zero-order valence-electron chi connectivity index (χ0n) is 24.2. The van der Waals surface area contributed by atoms with E-state index in [2.05, 4.69) is 27.7 Å². The first-order chi connectivity index (χ1) is 18.7. The van der Waals surface area contributed by atoms with Crippen molar-refractivity contribution < 1.29 is 19.1 Å². The molecule has 0 saturated carbocycles. The van der Waals surface area contributed by atoms with Crippen molar-refractivity contribution >= 4 is 23.2 Å². The van der Waals surface area contributed by atoms with E-state index in [4.69, 9.17) is 9.47 Å². The van der Waals surface area contributed by atoms with Crippen molar-refractivity contribution in [2.75, 3.05) is 33.9 Å². The summed E-state index contributed by atoms with van der Waals surface area (Å²) >= 11 is 1.63. The van der Waals surface area contributed by atoms with Gasteiger partial charge in [0.2, 0.25) is 5.91 Å². The van der Waals surface area contributed by atoms with E-state index < -0.39 is 0 Å². The van der Waals surface area contributed by atoms with Crippen molar-refractivity contribution in [3.05, 3.63) is 81.5 Å². The van der Waals surface area contributed by atoms with Crippen LogP contribution in [0.5, 0.6) is 11.5 Å². The number of ether oxygens (including phenoxy) is 2. The summed E-state index contributed by atoms with van der Waals surface area (Å²) in [5.41, 5.74) is 2.85. The lowest BCUT2D eigenvalue weighted by molar-refractivity contribution is -0.132. The molecule has 0 spiro atoms. The summed E-state index contributed by atoms with van der Waals surface area (Å²) in [5, 5.41) is 2.02. The van der Waals surface area contributed by atoms with Gasteiger partial charge < -0.3 is 19.3 Å². The second kappa shape index (κ2) is 14.2. The van der Waals surface area contributed by atoms with E-state index in [1.54, 1.807) is 30.5 Å². The molecular formula is C32H42N2O4S. The van der Waals surface area contributed by atoms with Crippen molar-refractivity contribution in [2.24, 2.45) is 0 Å². The standard InChI is InChI=1S/C32H42N2O4S/c1-7-8-18-34(31(36)25-12-14-26(15-13-25)32(2,3)4)23-30(35)33(22-27-10-9-20-39-27)19-17-24-11-16-28(37-5)29(21-24)38-6/h9-16,20-21H,7-8,17-19,22-23H2,1-6H3. The molecule has 0 N–H and O–H groups in total. The van der Waals surface area contributed by atoms with E-state index in [-0.39, 0.29) is 23.8 Å². The summed E-state index contributed by atoms with van der Waals surface area (Å²) in [7, 11) is 3.23. The Hall–Kier alpha value is -3.32. The molecule has 2 amide bonds. The van der Waals surface area contributed by atoms with E-state index in [1.165, 1.54) is 5.56 Å². The van der Waals surface area contributed by atoms with Crippen molar-refractivity contribution in [3.63, 3.8) is 0 Å². The fourth-order valence-electron chi connectivity index (χ4n) is 4.34. The fourth-order valence-corrected chi connectivity index (χ4v) is 5.06. The number of benzene rings is 2. The van der Waals surface area contributed by atoms with Gasteiger partial charge in [0, 0.05) is 23.5 Å². The van der Waals surface area contributed by atoms with Crippen LogP contribution in [0.15, 0.2) is 60.0 Å². The predicted molar refractivity (Wildman–Crippen MR) is 159 cm³/mol. The summed E-state index contributed by atoms with van der Waals surface area (Å²) in [6.07, 6.45) is 2.45. The Bertz CT molecular complexity index is 1200. The molecule has 0 radical (unpaired) electrons. The van der Waals surface area contributed by atoms with Gasteiger partial charge in [0.1, 0.15) is 6.54 Å². The molecule has 39 heavy (non-hydrogen) atoms. The number of thiophene rings is 1. The molecule has 0 bridgehead atoms. The Labute approximate surface area is 237 Å². The maximum absolute atomic E-state index is 13.7. The number of nitrogens with zero attached hydrogens (tertiary/aromatic N) is 2. The second-order valence-electron chi connectivity index (χ2n) is 10.7. The van der Waals surface area contributed by atoms with Crippen molar-refractivity contribution in [2.45, 2.75) is 58.9 Å². The third-order valence-corrected chi connectivity index (χ3v) is 7.65. The van der Waals surface area contributed by atoms with Gasteiger partial charge in [-0.05, 0) is 65.1 Å². The summed E-state index contributed by atoms with van der Waals surface area (Å²) in [5.74, 6) is 1.18. The van der Waals surface area contributed by atoms with Crippen LogP contribution in [0.4, 0.5) is 0 Å². The van der Waals surface area contributed by atoms with Crippen LogP contribution in [0.25, 0.3) is 0 Å². The van der Waals surface area contributed by atoms with Crippen LogP contribution in [0.2, 0.25) is 0 Å². The Morgan fingerprint density at radius 3 is 2.21 bits per heavy atom. The zero-order valence-corrected chi connectivity index (χ0v) is 25.0. The highest BCUT2D eigenvalue weighted by Crippen LogP contribution is 2.28. The summed E-state index contributed by atoms with van der Waals surface area (Å²) in [6, 6.07) is 17.7. The SMILES string of the molecule is CCCCN(CC(=O)N(CCc1ccc(OC)c(OC)c1)Cc1cccs1)C(=O)c1ccc(C(C)(C)C)cc1. The molecule has 0 fully saturated rings. The third kappa shape index (κ3) is 8.59. The molecule has 3 rings (SSSR count). The molecule has 0 aliphatic rings.